The third kappa shape index (κ3) is 4.00. The Kier molecular flexibility index (Phi) is 5.48. The Bertz CT molecular complexity index is 885. The average molecular weight is 370 g/mol. The first-order chi connectivity index (χ1) is 12.6. The van der Waals surface area contributed by atoms with Crippen molar-refractivity contribution < 1.29 is 14.1 Å². The van der Waals surface area contributed by atoms with Crippen molar-refractivity contribution in [1.82, 2.24) is 5.32 Å². The number of carbonyl (C=O) groups excluding carboxylic acids is 1. The molecule has 134 valence electrons. The second kappa shape index (κ2) is 7.97. The van der Waals surface area contributed by atoms with Crippen molar-refractivity contribution in [3.63, 3.8) is 0 Å². The summed E-state index contributed by atoms with van der Waals surface area (Å²) in [5.74, 6) is -1.03. The van der Waals surface area contributed by atoms with E-state index in [1.54, 1.807) is 0 Å². The molecule has 0 aliphatic heterocycles. The zero-order valence-electron chi connectivity index (χ0n) is 14.2. The van der Waals surface area contributed by atoms with Gasteiger partial charge in [-0.25, -0.2) is 0 Å². The number of hydrogen-bond donors (Lipinski definition) is 1. The summed E-state index contributed by atoms with van der Waals surface area (Å²) in [4.78, 5) is 23.5. The molecule has 2 heterocycles. The molecule has 3 aromatic rings. The van der Waals surface area contributed by atoms with Gasteiger partial charge in [-0.1, -0.05) is 43.7 Å². The van der Waals surface area contributed by atoms with Crippen LogP contribution in [0.2, 0.25) is 0 Å². The lowest BCUT2D eigenvalue weighted by Gasteiger charge is -2.18. The molecule has 0 saturated heterocycles. The monoisotopic (exact) mass is 370 g/mol. The molecule has 0 saturated carbocycles. The quantitative estimate of drug-likeness (QED) is 0.481. The molecule has 1 unspecified atom stereocenters. The largest absolute Gasteiger partial charge is 0.433 e. The summed E-state index contributed by atoms with van der Waals surface area (Å²) in [7, 11) is 0. The van der Waals surface area contributed by atoms with Crippen LogP contribution in [-0.2, 0) is 6.42 Å². The van der Waals surface area contributed by atoms with E-state index >= 15 is 0 Å². The lowest BCUT2D eigenvalue weighted by molar-refractivity contribution is -0.402. The molecule has 1 aromatic carbocycles. The molecule has 1 atom stereocenters. The Morgan fingerprint density at radius 3 is 2.58 bits per heavy atom. The second-order valence-corrected chi connectivity index (χ2v) is 6.79. The number of benzene rings is 1. The average Bonchev–Trinajstić information content (AvgIpc) is 3.32. The van der Waals surface area contributed by atoms with Gasteiger partial charge in [0.15, 0.2) is 5.76 Å². The number of nitro groups is 1. The van der Waals surface area contributed by atoms with Crippen LogP contribution in [0.15, 0.2) is 58.3 Å². The van der Waals surface area contributed by atoms with Crippen molar-refractivity contribution >= 4 is 23.1 Å². The molecule has 0 radical (unpaired) electrons. The Morgan fingerprint density at radius 2 is 2.00 bits per heavy atom. The van der Waals surface area contributed by atoms with Crippen molar-refractivity contribution in [3.8, 4) is 0 Å². The number of carbonyl (C=O) groups is 1. The Labute approximate surface area is 154 Å². The van der Waals surface area contributed by atoms with Gasteiger partial charge in [-0.2, -0.15) is 0 Å². The summed E-state index contributed by atoms with van der Waals surface area (Å²) in [5.41, 5.74) is 2.19. The maximum Gasteiger partial charge on any atom is 0.433 e. The highest BCUT2D eigenvalue weighted by Crippen LogP contribution is 2.27. The number of nitrogens with one attached hydrogen (secondary N) is 1. The molecule has 0 bridgehead atoms. The number of thiophene rings is 1. The summed E-state index contributed by atoms with van der Waals surface area (Å²) in [5, 5.41) is 15.6. The molecule has 26 heavy (non-hydrogen) atoms. The zero-order chi connectivity index (χ0) is 18.5. The van der Waals surface area contributed by atoms with Crippen LogP contribution in [0.25, 0.3) is 0 Å². The zero-order valence-corrected chi connectivity index (χ0v) is 15.0. The number of furan rings is 1. The molecule has 7 heteroatoms. The number of amides is 1. The number of nitrogens with zero attached hydrogens (tertiary/aromatic N) is 1. The molecule has 0 spiro atoms. The molecular weight excluding hydrogens is 352 g/mol. The van der Waals surface area contributed by atoms with Gasteiger partial charge in [0.1, 0.15) is 4.92 Å². The van der Waals surface area contributed by atoms with Gasteiger partial charge in [0.25, 0.3) is 5.91 Å². The first-order valence-corrected chi connectivity index (χ1v) is 9.13. The van der Waals surface area contributed by atoms with Gasteiger partial charge < -0.3 is 9.73 Å². The van der Waals surface area contributed by atoms with E-state index in [2.05, 4.69) is 24.4 Å². The summed E-state index contributed by atoms with van der Waals surface area (Å²) in [6, 6.07) is 14.1. The van der Waals surface area contributed by atoms with E-state index in [0.29, 0.717) is 0 Å². The highest BCUT2D eigenvalue weighted by molar-refractivity contribution is 7.10. The Hall–Kier alpha value is -2.93. The normalized spacial score (nSPS) is 11.9. The fourth-order valence-corrected chi connectivity index (χ4v) is 3.49. The fraction of sp³-hybridized carbons (Fsp3) is 0.211. The number of rotatable bonds is 7. The maximum atomic E-state index is 12.5. The van der Waals surface area contributed by atoms with Crippen molar-refractivity contribution in [3.05, 3.63) is 85.8 Å². The van der Waals surface area contributed by atoms with Crippen LogP contribution >= 0.6 is 11.3 Å². The SMILES string of the molecule is CCCc1ccc(C(NC(=O)c2ccc([N+](=O)[O-])o2)c2cccs2)cc1. The van der Waals surface area contributed by atoms with Gasteiger partial charge >= 0.3 is 5.88 Å². The summed E-state index contributed by atoms with van der Waals surface area (Å²) in [6.07, 6.45) is 2.08. The van der Waals surface area contributed by atoms with Crippen LogP contribution in [0.1, 0.15) is 45.9 Å². The minimum atomic E-state index is -0.667. The topological polar surface area (TPSA) is 85.4 Å². The van der Waals surface area contributed by atoms with E-state index in [0.717, 1.165) is 23.3 Å². The van der Waals surface area contributed by atoms with E-state index in [1.165, 1.54) is 29.0 Å². The molecule has 1 N–H and O–H groups in total. The van der Waals surface area contributed by atoms with Gasteiger partial charge in [-0.05, 0) is 35.1 Å². The molecule has 6 nitrogen and oxygen atoms in total. The number of aryl methyl sites for hydroxylation is 1. The molecule has 0 aliphatic rings. The van der Waals surface area contributed by atoms with Gasteiger partial charge in [-0.3, -0.25) is 14.9 Å². The highest BCUT2D eigenvalue weighted by Gasteiger charge is 2.22. The van der Waals surface area contributed by atoms with Crippen molar-refractivity contribution in [2.75, 3.05) is 0 Å². The molecule has 0 aliphatic carbocycles. The third-order valence-electron chi connectivity index (χ3n) is 3.95. The summed E-state index contributed by atoms with van der Waals surface area (Å²) >= 11 is 1.53. The standard InChI is InChI=1S/C19H18N2O4S/c1-2-4-13-6-8-14(9-7-13)18(16-5-3-12-26-16)20-19(22)15-10-11-17(25-15)21(23)24/h3,5-12,18H,2,4H2,1H3,(H,20,22). The fourth-order valence-electron chi connectivity index (χ4n) is 2.69. The summed E-state index contributed by atoms with van der Waals surface area (Å²) in [6.45, 7) is 2.13. The molecule has 1 amide bonds. The van der Waals surface area contributed by atoms with E-state index in [-0.39, 0.29) is 11.8 Å². The van der Waals surface area contributed by atoms with E-state index in [4.69, 9.17) is 4.42 Å². The molecule has 3 rings (SSSR count). The molecule has 2 aromatic heterocycles. The predicted molar refractivity (Wildman–Crippen MR) is 99.4 cm³/mol. The second-order valence-electron chi connectivity index (χ2n) is 5.81. The van der Waals surface area contributed by atoms with E-state index in [9.17, 15) is 14.9 Å². The van der Waals surface area contributed by atoms with Crippen molar-refractivity contribution in [2.45, 2.75) is 25.8 Å². The predicted octanol–water partition coefficient (Wildman–Crippen LogP) is 4.72. The summed E-state index contributed by atoms with van der Waals surface area (Å²) < 4.78 is 5.00. The van der Waals surface area contributed by atoms with Crippen LogP contribution in [-0.4, -0.2) is 10.8 Å². The van der Waals surface area contributed by atoms with Crippen molar-refractivity contribution in [2.24, 2.45) is 0 Å². The van der Waals surface area contributed by atoms with Crippen LogP contribution in [0, 0.1) is 10.1 Å². The van der Waals surface area contributed by atoms with Crippen LogP contribution in [0.5, 0.6) is 0 Å². The highest BCUT2D eigenvalue weighted by atomic mass is 32.1. The van der Waals surface area contributed by atoms with Gasteiger partial charge in [0.05, 0.1) is 12.1 Å². The Balaban J connectivity index is 1.84. The Morgan fingerprint density at radius 1 is 1.23 bits per heavy atom. The lowest BCUT2D eigenvalue weighted by atomic mass is 10.0. The minimum Gasteiger partial charge on any atom is -0.395 e. The first kappa shape index (κ1) is 17.9. The van der Waals surface area contributed by atoms with Gasteiger partial charge in [0, 0.05) is 4.88 Å². The van der Waals surface area contributed by atoms with Crippen molar-refractivity contribution in [1.29, 1.82) is 0 Å². The van der Waals surface area contributed by atoms with Gasteiger partial charge in [-0.15, -0.1) is 11.3 Å². The molecule has 0 fully saturated rings. The molecular formula is C19H18N2O4S. The smallest absolute Gasteiger partial charge is 0.395 e. The van der Waals surface area contributed by atoms with Crippen LogP contribution < -0.4 is 5.32 Å². The van der Waals surface area contributed by atoms with Crippen LogP contribution in [0.3, 0.4) is 0 Å². The first-order valence-electron chi connectivity index (χ1n) is 8.26. The third-order valence-corrected chi connectivity index (χ3v) is 4.89. The van der Waals surface area contributed by atoms with E-state index < -0.39 is 16.7 Å². The van der Waals surface area contributed by atoms with Gasteiger partial charge in [0.2, 0.25) is 0 Å². The van der Waals surface area contributed by atoms with Crippen LogP contribution in [0.4, 0.5) is 5.88 Å². The maximum absolute atomic E-state index is 12.5. The minimum absolute atomic E-state index is 0.0825. The van der Waals surface area contributed by atoms with E-state index in [1.807, 2.05) is 29.6 Å². The number of hydrogen-bond acceptors (Lipinski definition) is 5. The lowest BCUT2D eigenvalue weighted by Crippen LogP contribution is -2.28.